The van der Waals surface area contributed by atoms with E-state index >= 15 is 0 Å². The molecule has 0 aliphatic carbocycles. The van der Waals surface area contributed by atoms with Gasteiger partial charge in [0.05, 0.1) is 0 Å². The molecule has 4 rings (SSSR count). The van der Waals surface area contributed by atoms with Crippen LogP contribution < -0.4 is 4.74 Å². The molecule has 0 aliphatic heterocycles. The molecule has 0 atom stereocenters. The van der Waals surface area contributed by atoms with Crippen LogP contribution >= 0.6 is 0 Å². The summed E-state index contributed by atoms with van der Waals surface area (Å²) < 4.78 is 11.2. The van der Waals surface area contributed by atoms with Gasteiger partial charge in [0.15, 0.2) is 6.61 Å². The molecule has 0 unspecified atom stereocenters. The Morgan fingerprint density at radius 3 is 2.52 bits per heavy atom. The molecule has 6 heteroatoms. The first kappa shape index (κ1) is 20.6. The second kappa shape index (κ2) is 9.00. The van der Waals surface area contributed by atoms with Crippen molar-refractivity contribution in [3.63, 3.8) is 0 Å². The van der Waals surface area contributed by atoms with Crippen molar-refractivity contribution in [2.45, 2.75) is 33.4 Å². The first-order valence-electron chi connectivity index (χ1n) is 10.3. The molecule has 0 aliphatic rings. The summed E-state index contributed by atoms with van der Waals surface area (Å²) in [6.07, 6.45) is 0. The maximum absolute atomic E-state index is 12.9. The number of rotatable bonds is 7. The van der Waals surface area contributed by atoms with Crippen molar-refractivity contribution in [3.05, 3.63) is 78.2 Å². The molecular weight excluding hydrogens is 390 g/mol. The highest BCUT2D eigenvalue weighted by Gasteiger charge is 2.21. The minimum absolute atomic E-state index is 0.0394. The molecule has 1 amide bonds. The summed E-state index contributed by atoms with van der Waals surface area (Å²) in [5.74, 6) is 1.43. The second-order valence-corrected chi connectivity index (χ2v) is 7.79. The van der Waals surface area contributed by atoms with Crippen molar-refractivity contribution in [2.75, 3.05) is 6.61 Å². The highest BCUT2D eigenvalue weighted by molar-refractivity contribution is 5.84. The lowest BCUT2D eigenvalue weighted by atomic mass is 10.1. The van der Waals surface area contributed by atoms with Gasteiger partial charge in [0.2, 0.25) is 11.7 Å². The number of nitrogens with zero attached hydrogens (tertiary/aromatic N) is 3. The molecule has 1 heterocycles. The summed E-state index contributed by atoms with van der Waals surface area (Å²) in [5.41, 5.74) is 2.04. The van der Waals surface area contributed by atoms with Crippen LogP contribution in [-0.4, -0.2) is 33.6 Å². The Labute approximate surface area is 181 Å². The molecule has 158 valence electrons. The van der Waals surface area contributed by atoms with Crippen LogP contribution in [0.5, 0.6) is 5.75 Å². The van der Waals surface area contributed by atoms with E-state index in [1.807, 2.05) is 87.5 Å². The number of ether oxygens (including phenoxy) is 1. The van der Waals surface area contributed by atoms with Gasteiger partial charge < -0.3 is 14.2 Å². The van der Waals surface area contributed by atoms with Crippen LogP contribution in [0.3, 0.4) is 0 Å². The smallest absolute Gasteiger partial charge is 0.261 e. The predicted octanol–water partition coefficient (Wildman–Crippen LogP) is 5.01. The minimum atomic E-state index is -0.141. The van der Waals surface area contributed by atoms with Gasteiger partial charge in [-0.2, -0.15) is 4.98 Å². The Morgan fingerprint density at radius 2 is 1.77 bits per heavy atom. The Hall–Kier alpha value is -3.67. The van der Waals surface area contributed by atoms with E-state index in [0.717, 1.165) is 21.9 Å². The first-order chi connectivity index (χ1) is 15.0. The predicted molar refractivity (Wildman–Crippen MR) is 120 cm³/mol. The molecule has 0 fully saturated rings. The molecular formula is C25H25N3O3. The van der Waals surface area contributed by atoms with E-state index in [4.69, 9.17) is 9.26 Å². The lowest BCUT2D eigenvalue weighted by Gasteiger charge is -2.25. The number of fused-ring (bicyclic) bond motifs is 1. The third-order valence-electron chi connectivity index (χ3n) is 5.11. The van der Waals surface area contributed by atoms with Crippen molar-refractivity contribution in [3.8, 4) is 17.1 Å². The van der Waals surface area contributed by atoms with Gasteiger partial charge in [-0.25, -0.2) is 0 Å². The number of benzene rings is 3. The van der Waals surface area contributed by atoms with E-state index < -0.39 is 0 Å². The summed E-state index contributed by atoms with van der Waals surface area (Å²) >= 11 is 0. The molecule has 31 heavy (non-hydrogen) atoms. The summed E-state index contributed by atoms with van der Waals surface area (Å²) in [6.45, 7) is 6.10. The minimum Gasteiger partial charge on any atom is -0.484 e. The molecule has 0 radical (unpaired) electrons. The van der Waals surface area contributed by atoms with Crippen LogP contribution in [0.4, 0.5) is 0 Å². The summed E-state index contributed by atoms with van der Waals surface area (Å²) in [7, 11) is 0. The van der Waals surface area contributed by atoms with Crippen molar-refractivity contribution >= 4 is 16.7 Å². The van der Waals surface area contributed by atoms with E-state index in [-0.39, 0.29) is 25.1 Å². The average molecular weight is 415 g/mol. The standard InChI is InChI=1S/C25H25N3O3/c1-17(2)28(15-23-26-25(27-31-23)20-10-8-18(3)9-11-20)24(29)16-30-22-13-12-19-6-4-5-7-21(19)14-22/h4-14,17H,15-16H2,1-3H3. The fourth-order valence-electron chi connectivity index (χ4n) is 3.33. The van der Waals surface area contributed by atoms with Gasteiger partial charge in [-0.05, 0) is 43.7 Å². The maximum atomic E-state index is 12.9. The molecule has 4 aromatic rings. The van der Waals surface area contributed by atoms with Gasteiger partial charge >= 0.3 is 0 Å². The lowest BCUT2D eigenvalue weighted by Crippen LogP contribution is -2.39. The fourth-order valence-corrected chi connectivity index (χ4v) is 3.33. The number of carbonyl (C=O) groups is 1. The van der Waals surface area contributed by atoms with Gasteiger partial charge in [0, 0.05) is 11.6 Å². The number of aromatic nitrogens is 2. The highest BCUT2D eigenvalue weighted by Crippen LogP contribution is 2.21. The van der Waals surface area contributed by atoms with Crippen LogP contribution in [-0.2, 0) is 11.3 Å². The summed E-state index contributed by atoms with van der Waals surface area (Å²) in [5, 5.41) is 6.26. The zero-order valence-corrected chi connectivity index (χ0v) is 17.9. The topological polar surface area (TPSA) is 68.5 Å². The van der Waals surface area contributed by atoms with Gasteiger partial charge in [-0.3, -0.25) is 4.79 Å². The third kappa shape index (κ3) is 4.91. The van der Waals surface area contributed by atoms with Crippen molar-refractivity contribution in [1.29, 1.82) is 0 Å². The van der Waals surface area contributed by atoms with E-state index in [2.05, 4.69) is 10.1 Å². The molecule has 1 aromatic heterocycles. The molecule has 3 aromatic carbocycles. The molecule has 0 saturated carbocycles. The largest absolute Gasteiger partial charge is 0.484 e. The molecule has 0 saturated heterocycles. The number of carbonyl (C=O) groups excluding carboxylic acids is 1. The Bertz CT molecular complexity index is 1180. The second-order valence-electron chi connectivity index (χ2n) is 7.79. The van der Waals surface area contributed by atoms with Crippen LogP contribution in [0.2, 0.25) is 0 Å². The van der Waals surface area contributed by atoms with Gasteiger partial charge in [-0.1, -0.05) is 65.3 Å². The lowest BCUT2D eigenvalue weighted by molar-refractivity contribution is -0.136. The van der Waals surface area contributed by atoms with Crippen molar-refractivity contribution < 1.29 is 14.1 Å². The van der Waals surface area contributed by atoms with Gasteiger partial charge in [0.25, 0.3) is 5.91 Å². The molecule has 0 bridgehead atoms. The first-order valence-corrected chi connectivity index (χ1v) is 10.3. The summed E-state index contributed by atoms with van der Waals surface area (Å²) in [6, 6.07) is 21.7. The Morgan fingerprint density at radius 1 is 1.03 bits per heavy atom. The third-order valence-corrected chi connectivity index (χ3v) is 5.11. The monoisotopic (exact) mass is 415 g/mol. The number of aryl methyl sites for hydroxylation is 1. The number of amides is 1. The normalized spacial score (nSPS) is 11.1. The van der Waals surface area contributed by atoms with E-state index in [1.54, 1.807) is 4.90 Å². The fraction of sp³-hybridized carbons (Fsp3) is 0.240. The molecule has 0 spiro atoms. The van der Waals surface area contributed by atoms with E-state index in [1.165, 1.54) is 0 Å². The Kier molecular flexibility index (Phi) is 5.98. The SMILES string of the molecule is Cc1ccc(-c2noc(CN(C(=O)COc3ccc4ccccc4c3)C(C)C)n2)cc1. The number of hydrogen-bond acceptors (Lipinski definition) is 5. The highest BCUT2D eigenvalue weighted by atomic mass is 16.5. The van der Waals surface area contributed by atoms with Crippen LogP contribution in [0.15, 0.2) is 71.3 Å². The average Bonchev–Trinajstić information content (AvgIpc) is 3.24. The van der Waals surface area contributed by atoms with Crippen LogP contribution in [0.1, 0.15) is 25.3 Å². The molecule has 0 N–H and O–H groups in total. The van der Waals surface area contributed by atoms with Crippen molar-refractivity contribution in [1.82, 2.24) is 15.0 Å². The zero-order chi connectivity index (χ0) is 21.8. The Balaban J connectivity index is 1.42. The van der Waals surface area contributed by atoms with Gasteiger partial charge in [-0.15, -0.1) is 0 Å². The van der Waals surface area contributed by atoms with Crippen LogP contribution in [0.25, 0.3) is 22.2 Å². The maximum Gasteiger partial charge on any atom is 0.261 e. The summed E-state index contributed by atoms with van der Waals surface area (Å²) in [4.78, 5) is 19.0. The van der Waals surface area contributed by atoms with Crippen molar-refractivity contribution in [2.24, 2.45) is 0 Å². The van der Waals surface area contributed by atoms with Gasteiger partial charge in [0.1, 0.15) is 12.3 Å². The van der Waals surface area contributed by atoms with E-state index in [0.29, 0.717) is 17.5 Å². The van der Waals surface area contributed by atoms with E-state index in [9.17, 15) is 4.79 Å². The van der Waals surface area contributed by atoms with Crippen LogP contribution in [0, 0.1) is 6.92 Å². The number of hydrogen-bond donors (Lipinski definition) is 0. The molecule has 6 nitrogen and oxygen atoms in total. The zero-order valence-electron chi connectivity index (χ0n) is 17.9. The quantitative estimate of drug-likeness (QED) is 0.424.